The van der Waals surface area contributed by atoms with Gasteiger partial charge in [-0.3, -0.25) is 14.4 Å². The van der Waals surface area contributed by atoms with E-state index in [1.54, 1.807) is 12.1 Å². The summed E-state index contributed by atoms with van der Waals surface area (Å²) in [5.41, 5.74) is 2.52. The molecular formula is C25H30N2O4. The number of amides is 2. The highest BCUT2D eigenvalue weighted by Crippen LogP contribution is 2.29. The molecule has 3 rings (SSSR count). The van der Waals surface area contributed by atoms with Crippen molar-refractivity contribution in [1.29, 1.82) is 0 Å². The summed E-state index contributed by atoms with van der Waals surface area (Å²) in [5.74, 6) is -0.345. The molecule has 0 unspecified atom stereocenters. The van der Waals surface area contributed by atoms with Crippen molar-refractivity contribution in [2.75, 3.05) is 13.2 Å². The van der Waals surface area contributed by atoms with Gasteiger partial charge in [0.1, 0.15) is 6.54 Å². The summed E-state index contributed by atoms with van der Waals surface area (Å²) in [7, 11) is 0. The van der Waals surface area contributed by atoms with Crippen LogP contribution in [0.4, 0.5) is 0 Å². The number of esters is 1. The van der Waals surface area contributed by atoms with E-state index in [0.29, 0.717) is 17.4 Å². The van der Waals surface area contributed by atoms with Crippen molar-refractivity contribution in [2.45, 2.75) is 39.2 Å². The molecule has 0 saturated heterocycles. The van der Waals surface area contributed by atoms with Gasteiger partial charge in [0.25, 0.3) is 11.8 Å². The lowest BCUT2D eigenvalue weighted by atomic mass is 9.78. The number of rotatable bonds is 7. The van der Waals surface area contributed by atoms with E-state index >= 15 is 0 Å². The molecule has 1 aliphatic carbocycles. The maximum atomic E-state index is 12.3. The second-order valence-electron chi connectivity index (χ2n) is 8.23. The fraction of sp³-hybridized carbons (Fsp3) is 0.400. The Hall–Kier alpha value is -3.15. The van der Waals surface area contributed by atoms with Gasteiger partial charge in [0, 0.05) is 11.6 Å². The van der Waals surface area contributed by atoms with Crippen LogP contribution in [-0.2, 0) is 14.3 Å². The van der Waals surface area contributed by atoms with E-state index in [-0.39, 0.29) is 31.0 Å². The van der Waals surface area contributed by atoms with Crippen LogP contribution in [0.2, 0.25) is 0 Å². The Morgan fingerprint density at radius 1 is 0.935 bits per heavy atom. The molecule has 1 saturated carbocycles. The molecule has 0 heterocycles. The van der Waals surface area contributed by atoms with Crippen LogP contribution >= 0.6 is 0 Å². The highest BCUT2D eigenvalue weighted by molar-refractivity contribution is 5.96. The third kappa shape index (κ3) is 6.41. The SMILES string of the molecule is C[C@@H]1[C@H](C)CCC[C@@H]1NC(=O)COC(=O)CNC(=O)c1ccc(-c2ccccc2)cc1. The van der Waals surface area contributed by atoms with Gasteiger partial charge in [0.2, 0.25) is 0 Å². The molecule has 2 aromatic carbocycles. The van der Waals surface area contributed by atoms with E-state index in [2.05, 4.69) is 24.5 Å². The Kier molecular flexibility index (Phi) is 7.82. The molecule has 2 amide bonds. The van der Waals surface area contributed by atoms with Crippen molar-refractivity contribution in [2.24, 2.45) is 11.8 Å². The molecule has 6 heteroatoms. The zero-order valence-corrected chi connectivity index (χ0v) is 18.1. The van der Waals surface area contributed by atoms with Crippen LogP contribution < -0.4 is 10.6 Å². The Bertz CT molecular complexity index is 895. The number of ether oxygens (including phenoxy) is 1. The van der Waals surface area contributed by atoms with E-state index in [1.165, 1.54) is 6.42 Å². The summed E-state index contributed by atoms with van der Waals surface area (Å²) in [5, 5.41) is 5.49. The maximum Gasteiger partial charge on any atom is 0.325 e. The predicted octanol–water partition coefficient (Wildman–Crippen LogP) is 3.57. The third-order valence-corrected chi connectivity index (χ3v) is 6.06. The van der Waals surface area contributed by atoms with Gasteiger partial charge in [-0.15, -0.1) is 0 Å². The quantitative estimate of drug-likeness (QED) is 0.668. The number of carbonyl (C=O) groups is 3. The lowest BCUT2D eigenvalue weighted by Gasteiger charge is -2.34. The van der Waals surface area contributed by atoms with E-state index in [0.717, 1.165) is 24.0 Å². The van der Waals surface area contributed by atoms with E-state index in [4.69, 9.17) is 4.74 Å². The van der Waals surface area contributed by atoms with Crippen molar-refractivity contribution in [3.8, 4) is 11.1 Å². The van der Waals surface area contributed by atoms with Crippen LogP contribution in [0.1, 0.15) is 43.5 Å². The summed E-state index contributed by atoms with van der Waals surface area (Å²) in [6, 6.07) is 17.1. The molecule has 6 nitrogen and oxygen atoms in total. The molecular weight excluding hydrogens is 392 g/mol. The fourth-order valence-corrected chi connectivity index (χ4v) is 3.93. The third-order valence-electron chi connectivity index (χ3n) is 6.06. The van der Waals surface area contributed by atoms with E-state index in [1.807, 2.05) is 42.5 Å². The summed E-state index contributed by atoms with van der Waals surface area (Å²) >= 11 is 0. The normalized spacial score (nSPS) is 20.5. The second kappa shape index (κ2) is 10.8. The summed E-state index contributed by atoms with van der Waals surface area (Å²) in [6.07, 6.45) is 3.22. The first-order valence-electron chi connectivity index (χ1n) is 10.8. The minimum atomic E-state index is -0.644. The second-order valence-corrected chi connectivity index (χ2v) is 8.23. The lowest BCUT2D eigenvalue weighted by molar-refractivity contribution is -0.147. The monoisotopic (exact) mass is 422 g/mol. The van der Waals surface area contributed by atoms with E-state index in [9.17, 15) is 14.4 Å². The van der Waals surface area contributed by atoms with Gasteiger partial charge >= 0.3 is 5.97 Å². The molecule has 1 aliphatic rings. The molecule has 0 aliphatic heterocycles. The van der Waals surface area contributed by atoms with Crippen LogP contribution in [0, 0.1) is 11.8 Å². The molecule has 31 heavy (non-hydrogen) atoms. The van der Waals surface area contributed by atoms with E-state index < -0.39 is 5.97 Å². The molecule has 1 fully saturated rings. The standard InChI is InChI=1S/C25H30N2O4/c1-17-7-6-10-22(18(17)2)27-23(28)16-31-24(29)15-26-25(30)21-13-11-20(12-14-21)19-8-4-3-5-9-19/h3-5,8-9,11-14,17-18,22H,6-7,10,15-16H2,1-2H3,(H,26,30)(H,27,28)/t17-,18-,22+/m1/s1. The number of hydrogen-bond donors (Lipinski definition) is 2. The van der Waals surface area contributed by atoms with Crippen LogP contribution in [0.15, 0.2) is 54.6 Å². The van der Waals surface area contributed by atoms with Gasteiger partial charge < -0.3 is 15.4 Å². The number of hydrogen-bond acceptors (Lipinski definition) is 4. The van der Waals surface area contributed by atoms with Gasteiger partial charge in [-0.25, -0.2) is 0 Å². The maximum absolute atomic E-state index is 12.3. The van der Waals surface area contributed by atoms with Gasteiger partial charge in [-0.2, -0.15) is 0 Å². The van der Waals surface area contributed by atoms with Crippen LogP contribution in [0.25, 0.3) is 11.1 Å². The first-order valence-corrected chi connectivity index (χ1v) is 10.8. The fourth-order valence-electron chi connectivity index (χ4n) is 3.93. The largest absolute Gasteiger partial charge is 0.454 e. The molecule has 2 aromatic rings. The van der Waals surface area contributed by atoms with Crippen LogP contribution in [0.3, 0.4) is 0 Å². The number of nitrogens with one attached hydrogen (secondary N) is 2. The summed E-state index contributed by atoms with van der Waals surface area (Å²) in [6.45, 7) is 3.71. The first kappa shape index (κ1) is 22.5. The Labute approximate surface area is 183 Å². The predicted molar refractivity (Wildman–Crippen MR) is 119 cm³/mol. The van der Waals surface area contributed by atoms with Crippen molar-refractivity contribution >= 4 is 17.8 Å². The topological polar surface area (TPSA) is 84.5 Å². The van der Waals surface area contributed by atoms with Crippen LogP contribution in [0.5, 0.6) is 0 Å². The molecule has 0 spiro atoms. The van der Waals surface area contributed by atoms with Crippen LogP contribution in [-0.4, -0.2) is 37.0 Å². The molecule has 164 valence electrons. The smallest absolute Gasteiger partial charge is 0.325 e. The van der Waals surface area contributed by atoms with Gasteiger partial charge in [-0.1, -0.05) is 69.2 Å². The zero-order chi connectivity index (χ0) is 22.2. The first-order chi connectivity index (χ1) is 14.9. The molecule has 0 aromatic heterocycles. The molecule has 2 N–H and O–H groups in total. The minimum Gasteiger partial charge on any atom is -0.454 e. The highest BCUT2D eigenvalue weighted by atomic mass is 16.5. The van der Waals surface area contributed by atoms with Crippen molar-refractivity contribution in [1.82, 2.24) is 10.6 Å². The van der Waals surface area contributed by atoms with Gasteiger partial charge in [0.15, 0.2) is 6.61 Å². The number of benzene rings is 2. The lowest BCUT2D eigenvalue weighted by Crippen LogP contribution is -2.45. The summed E-state index contributed by atoms with van der Waals surface area (Å²) in [4.78, 5) is 36.3. The Morgan fingerprint density at radius 2 is 1.61 bits per heavy atom. The van der Waals surface area contributed by atoms with Gasteiger partial charge in [-0.05, 0) is 41.5 Å². The van der Waals surface area contributed by atoms with Crippen molar-refractivity contribution in [3.63, 3.8) is 0 Å². The Morgan fingerprint density at radius 3 is 2.32 bits per heavy atom. The molecule has 0 bridgehead atoms. The Balaban J connectivity index is 1.40. The highest BCUT2D eigenvalue weighted by Gasteiger charge is 2.28. The zero-order valence-electron chi connectivity index (χ0n) is 18.1. The van der Waals surface area contributed by atoms with Crippen molar-refractivity contribution < 1.29 is 19.1 Å². The average Bonchev–Trinajstić information content (AvgIpc) is 2.80. The number of carbonyl (C=O) groups excluding carboxylic acids is 3. The molecule has 0 radical (unpaired) electrons. The average molecular weight is 423 g/mol. The summed E-state index contributed by atoms with van der Waals surface area (Å²) < 4.78 is 5.00. The minimum absolute atomic E-state index is 0.119. The van der Waals surface area contributed by atoms with Gasteiger partial charge in [0.05, 0.1) is 0 Å². The van der Waals surface area contributed by atoms with Crippen molar-refractivity contribution in [3.05, 3.63) is 60.2 Å². The molecule has 3 atom stereocenters.